The van der Waals surface area contributed by atoms with Gasteiger partial charge >= 0.3 is 0 Å². The van der Waals surface area contributed by atoms with Crippen LogP contribution in [0, 0.1) is 0 Å². The van der Waals surface area contributed by atoms with Gasteiger partial charge in [-0.25, -0.2) is 0 Å². The zero-order valence-corrected chi connectivity index (χ0v) is 10.1. The quantitative estimate of drug-likeness (QED) is 0.640. The molecule has 0 aromatic heterocycles. The van der Waals surface area contributed by atoms with E-state index in [4.69, 9.17) is 5.11 Å². The molecule has 7 heteroatoms. The van der Waals surface area contributed by atoms with E-state index in [9.17, 15) is 8.42 Å². The highest BCUT2D eigenvalue weighted by molar-refractivity contribution is 7.86. The molecule has 0 aromatic carbocycles. The van der Waals surface area contributed by atoms with Gasteiger partial charge in [0.2, 0.25) is 0 Å². The molecule has 1 heterocycles. The molecule has 0 radical (unpaired) electrons. The van der Waals surface area contributed by atoms with Crippen molar-refractivity contribution in [1.82, 2.24) is 13.5 Å². The lowest BCUT2D eigenvalue weighted by molar-refractivity contribution is 0.149. The van der Waals surface area contributed by atoms with Crippen LogP contribution in [-0.2, 0) is 10.2 Å². The number of hydrogen-bond acceptors (Lipinski definition) is 4. The molecule has 1 N–H and O–H groups in total. The normalized spacial score (nSPS) is 21.1. The van der Waals surface area contributed by atoms with E-state index in [1.807, 2.05) is 0 Å². The van der Waals surface area contributed by atoms with Crippen molar-refractivity contribution < 1.29 is 13.5 Å². The number of rotatable bonds is 4. The summed E-state index contributed by atoms with van der Waals surface area (Å²) in [5, 5.41) is 8.75. The third-order valence-corrected chi connectivity index (χ3v) is 4.48. The summed E-state index contributed by atoms with van der Waals surface area (Å²) in [5.74, 6) is 0. The molecule has 0 bridgehead atoms. The van der Waals surface area contributed by atoms with Gasteiger partial charge < -0.3 is 5.11 Å². The summed E-state index contributed by atoms with van der Waals surface area (Å²) in [6.07, 6.45) is 0. The Bertz CT molecular complexity index is 284. The molecule has 0 aliphatic carbocycles. The van der Waals surface area contributed by atoms with Crippen LogP contribution in [0.15, 0.2) is 0 Å². The van der Waals surface area contributed by atoms with E-state index in [0.717, 1.165) is 0 Å². The molecule has 0 aromatic rings. The Morgan fingerprint density at radius 1 is 1.20 bits per heavy atom. The number of piperazine rings is 1. The number of nitrogens with zero attached hydrogens (tertiary/aromatic N) is 3. The second-order valence-electron chi connectivity index (χ2n) is 3.75. The lowest BCUT2D eigenvalue weighted by Gasteiger charge is -2.34. The van der Waals surface area contributed by atoms with Crippen molar-refractivity contribution >= 4 is 10.2 Å². The lowest BCUT2D eigenvalue weighted by atomic mass is 10.4. The maximum Gasteiger partial charge on any atom is 0.281 e. The van der Waals surface area contributed by atoms with E-state index in [2.05, 4.69) is 4.90 Å². The van der Waals surface area contributed by atoms with Crippen LogP contribution >= 0.6 is 0 Å². The van der Waals surface area contributed by atoms with Gasteiger partial charge in [0.15, 0.2) is 0 Å². The van der Waals surface area contributed by atoms with Crippen LogP contribution in [0.25, 0.3) is 0 Å². The van der Waals surface area contributed by atoms with Crippen LogP contribution in [0.5, 0.6) is 0 Å². The number of aliphatic hydroxyl groups is 1. The summed E-state index contributed by atoms with van der Waals surface area (Å²) in [6.45, 7) is 3.12. The first kappa shape index (κ1) is 12.9. The Hall–Kier alpha value is -0.210. The maximum absolute atomic E-state index is 11.7. The molecule has 6 nitrogen and oxygen atoms in total. The van der Waals surface area contributed by atoms with Crippen LogP contribution in [-0.4, -0.2) is 80.5 Å². The summed E-state index contributed by atoms with van der Waals surface area (Å²) in [6, 6.07) is 0. The van der Waals surface area contributed by atoms with Crippen molar-refractivity contribution in [3.05, 3.63) is 0 Å². The number of aliphatic hydroxyl groups excluding tert-OH is 1. The fourth-order valence-corrected chi connectivity index (χ4v) is 2.64. The van der Waals surface area contributed by atoms with Crippen molar-refractivity contribution in [3.8, 4) is 0 Å². The fourth-order valence-electron chi connectivity index (χ4n) is 1.56. The summed E-state index contributed by atoms with van der Waals surface area (Å²) in [7, 11) is -0.187. The first-order chi connectivity index (χ1) is 6.98. The average molecular weight is 237 g/mol. The molecular weight excluding hydrogens is 218 g/mol. The zero-order chi connectivity index (χ0) is 11.5. The summed E-state index contributed by atoms with van der Waals surface area (Å²) in [5.41, 5.74) is 0. The largest absolute Gasteiger partial charge is 0.395 e. The minimum atomic E-state index is -3.26. The predicted octanol–water partition coefficient (Wildman–Crippen LogP) is -1.60. The van der Waals surface area contributed by atoms with E-state index in [1.165, 1.54) is 22.7 Å². The summed E-state index contributed by atoms with van der Waals surface area (Å²) in [4.78, 5) is 2.06. The Labute approximate surface area is 91.3 Å². The average Bonchev–Trinajstić information content (AvgIpc) is 2.19. The van der Waals surface area contributed by atoms with Gasteiger partial charge in [-0.15, -0.1) is 0 Å². The highest BCUT2D eigenvalue weighted by atomic mass is 32.2. The Morgan fingerprint density at radius 3 is 2.13 bits per heavy atom. The lowest BCUT2D eigenvalue weighted by Crippen LogP contribution is -2.52. The summed E-state index contributed by atoms with van der Waals surface area (Å²) < 4.78 is 26.2. The summed E-state index contributed by atoms with van der Waals surface area (Å²) >= 11 is 0. The van der Waals surface area contributed by atoms with Crippen LogP contribution in [0.4, 0.5) is 0 Å². The van der Waals surface area contributed by atoms with E-state index in [-0.39, 0.29) is 6.61 Å². The minimum Gasteiger partial charge on any atom is -0.395 e. The van der Waals surface area contributed by atoms with Gasteiger partial charge in [-0.3, -0.25) is 4.90 Å². The van der Waals surface area contributed by atoms with E-state index >= 15 is 0 Å². The molecule has 1 fully saturated rings. The van der Waals surface area contributed by atoms with Crippen LogP contribution < -0.4 is 0 Å². The number of hydrogen-bond donors (Lipinski definition) is 1. The Balaban J connectivity index is 2.51. The monoisotopic (exact) mass is 237 g/mol. The Morgan fingerprint density at radius 2 is 1.73 bits per heavy atom. The molecule has 1 rings (SSSR count). The van der Waals surface area contributed by atoms with E-state index in [1.54, 1.807) is 0 Å². The maximum atomic E-state index is 11.7. The minimum absolute atomic E-state index is 0.125. The molecule has 90 valence electrons. The van der Waals surface area contributed by atoms with E-state index < -0.39 is 10.2 Å². The molecule has 0 saturated carbocycles. The molecule has 1 aliphatic heterocycles. The molecule has 0 unspecified atom stereocenters. The molecule has 1 saturated heterocycles. The van der Waals surface area contributed by atoms with Crippen molar-refractivity contribution in [2.75, 3.05) is 53.4 Å². The topological polar surface area (TPSA) is 64.1 Å². The second-order valence-corrected chi connectivity index (χ2v) is 5.90. The molecule has 15 heavy (non-hydrogen) atoms. The highest BCUT2D eigenvalue weighted by Crippen LogP contribution is 2.08. The third-order valence-electron chi connectivity index (χ3n) is 2.54. The van der Waals surface area contributed by atoms with E-state index in [0.29, 0.717) is 32.7 Å². The fraction of sp³-hybridized carbons (Fsp3) is 1.00. The molecule has 1 aliphatic rings. The van der Waals surface area contributed by atoms with Gasteiger partial charge in [0.25, 0.3) is 10.2 Å². The second kappa shape index (κ2) is 5.22. The van der Waals surface area contributed by atoms with Gasteiger partial charge in [0.1, 0.15) is 0 Å². The van der Waals surface area contributed by atoms with Gasteiger partial charge in [-0.1, -0.05) is 0 Å². The molecular formula is C8H19N3O3S. The van der Waals surface area contributed by atoms with Gasteiger partial charge in [-0.05, 0) is 0 Å². The third kappa shape index (κ3) is 3.12. The van der Waals surface area contributed by atoms with Crippen LogP contribution in [0.1, 0.15) is 0 Å². The van der Waals surface area contributed by atoms with Crippen molar-refractivity contribution in [3.63, 3.8) is 0 Å². The first-order valence-electron chi connectivity index (χ1n) is 4.99. The van der Waals surface area contributed by atoms with Crippen LogP contribution in [0.2, 0.25) is 0 Å². The molecule has 0 atom stereocenters. The Kier molecular flexibility index (Phi) is 4.47. The highest BCUT2D eigenvalue weighted by Gasteiger charge is 2.27. The van der Waals surface area contributed by atoms with Gasteiger partial charge in [-0.2, -0.15) is 17.0 Å². The van der Waals surface area contributed by atoms with Gasteiger partial charge in [0.05, 0.1) is 6.61 Å². The predicted molar refractivity (Wildman–Crippen MR) is 57.7 cm³/mol. The van der Waals surface area contributed by atoms with Crippen molar-refractivity contribution in [2.45, 2.75) is 0 Å². The molecule has 0 spiro atoms. The van der Waals surface area contributed by atoms with Gasteiger partial charge in [0, 0.05) is 46.8 Å². The zero-order valence-electron chi connectivity index (χ0n) is 9.26. The van der Waals surface area contributed by atoms with Crippen molar-refractivity contribution in [2.24, 2.45) is 0 Å². The molecule has 0 amide bonds. The van der Waals surface area contributed by atoms with Crippen LogP contribution in [0.3, 0.4) is 0 Å². The number of β-amino-alcohol motifs (C(OH)–C–C–N with tert-alkyl or cyclic N) is 1. The SMILES string of the molecule is CN(C)S(=O)(=O)N1CCN(CCO)CC1. The standard InChI is InChI=1S/C8H19N3O3S/c1-9(2)15(13,14)11-5-3-10(4-6-11)7-8-12/h12H,3-8H2,1-2H3. The van der Waals surface area contributed by atoms with Crippen molar-refractivity contribution in [1.29, 1.82) is 0 Å². The smallest absolute Gasteiger partial charge is 0.281 e. The first-order valence-corrected chi connectivity index (χ1v) is 6.39.